The molecule has 0 bridgehead atoms. The normalized spacial score (nSPS) is 11.1. The van der Waals surface area contributed by atoms with Crippen molar-refractivity contribution in [2.24, 2.45) is 0 Å². The molecule has 0 amide bonds. The summed E-state index contributed by atoms with van der Waals surface area (Å²) >= 11 is 0. The van der Waals surface area contributed by atoms with E-state index in [1.165, 1.54) is 12.4 Å². The molecule has 0 fully saturated rings. The van der Waals surface area contributed by atoms with E-state index < -0.39 is 11.6 Å². The lowest BCUT2D eigenvalue weighted by molar-refractivity contribution is -0.157. The second-order valence-corrected chi connectivity index (χ2v) is 4.37. The lowest BCUT2D eigenvalue weighted by atomic mass is 10.2. The van der Waals surface area contributed by atoms with E-state index in [1.807, 2.05) is 0 Å². The lowest BCUT2D eigenvalue weighted by Gasteiger charge is -2.19. The van der Waals surface area contributed by atoms with Crippen LogP contribution in [0.1, 0.15) is 26.6 Å². The molecule has 0 saturated carbocycles. The van der Waals surface area contributed by atoms with Crippen molar-refractivity contribution in [3.05, 3.63) is 18.2 Å². The van der Waals surface area contributed by atoms with E-state index in [4.69, 9.17) is 14.6 Å². The molecular formula is C11H16N2O4. The second-order valence-electron chi connectivity index (χ2n) is 4.37. The second kappa shape index (κ2) is 5.58. The number of aliphatic hydroxyl groups is 1. The number of aliphatic hydroxyl groups excluding tert-OH is 1. The van der Waals surface area contributed by atoms with Gasteiger partial charge in [0.05, 0.1) is 12.4 Å². The SMILES string of the molecule is CC(C)(C)OC(=O)COc1cnc(CO)nc1. The Labute approximate surface area is 99.6 Å². The zero-order valence-electron chi connectivity index (χ0n) is 10.1. The third kappa shape index (κ3) is 5.26. The molecule has 0 saturated heterocycles. The Bertz CT molecular complexity index is 370. The molecule has 0 aliphatic heterocycles. The van der Waals surface area contributed by atoms with Gasteiger partial charge in [-0.2, -0.15) is 0 Å². The van der Waals surface area contributed by atoms with Crippen molar-refractivity contribution in [3.63, 3.8) is 0 Å². The Morgan fingerprint density at radius 1 is 1.35 bits per heavy atom. The van der Waals surface area contributed by atoms with E-state index in [0.29, 0.717) is 11.6 Å². The fourth-order valence-electron chi connectivity index (χ4n) is 1.01. The van der Waals surface area contributed by atoms with Gasteiger partial charge in [-0.1, -0.05) is 0 Å². The fraction of sp³-hybridized carbons (Fsp3) is 0.545. The van der Waals surface area contributed by atoms with Crippen LogP contribution in [0, 0.1) is 0 Å². The van der Waals surface area contributed by atoms with Crippen LogP contribution in [0.3, 0.4) is 0 Å². The van der Waals surface area contributed by atoms with Crippen molar-refractivity contribution >= 4 is 5.97 Å². The monoisotopic (exact) mass is 240 g/mol. The molecule has 0 radical (unpaired) electrons. The van der Waals surface area contributed by atoms with Crippen molar-refractivity contribution < 1.29 is 19.4 Å². The van der Waals surface area contributed by atoms with Gasteiger partial charge in [0.2, 0.25) is 0 Å². The van der Waals surface area contributed by atoms with Gasteiger partial charge in [-0.25, -0.2) is 14.8 Å². The Morgan fingerprint density at radius 3 is 2.41 bits per heavy atom. The first kappa shape index (κ1) is 13.4. The van der Waals surface area contributed by atoms with E-state index in [1.54, 1.807) is 20.8 Å². The van der Waals surface area contributed by atoms with Crippen LogP contribution in [-0.4, -0.2) is 33.3 Å². The zero-order chi connectivity index (χ0) is 12.9. The summed E-state index contributed by atoms with van der Waals surface area (Å²) in [5, 5.41) is 8.73. The molecule has 0 aliphatic carbocycles. The number of carbonyl (C=O) groups excluding carboxylic acids is 1. The van der Waals surface area contributed by atoms with Gasteiger partial charge < -0.3 is 14.6 Å². The van der Waals surface area contributed by atoms with Gasteiger partial charge in [0, 0.05) is 0 Å². The first-order valence-corrected chi connectivity index (χ1v) is 5.17. The first-order valence-electron chi connectivity index (χ1n) is 5.17. The van der Waals surface area contributed by atoms with Crippen molar-refractivity contribution in [2.45, 2.75) is 33.0 Å². The van der Waals surface area contributed by atoms with Gasteiger partial charge >= 0.3 is 5.97 Å². The largest absolute Gasteiger partial charge is 0.479 e. The van der Waals surface area contributed by atoms with Gasteiger partial charge in [-0.05, 0) is 20.8 Å². The number of esters is 1. The highest BCUT2D eigenvalue weighted by atomic mass is 16.6. The first-order chi connectivity index (χ1) is 7.90. The van der Waals surface area contributed by atoms with Gasteiger partial charge in [0.15, 0.2) is 18.2 Å². The van der Waals surface area contributed by atoms with E-state index in [9.17, 15) is 4.79 Å². The standard InChI is InChI=1S/C11H16N2O4/c1-11(2,3)17-10(15)7-16-8-4-12-9(6-14)13-5-8/h4-5,14H,6-7H2,1-3H3. The van der Waals surface area contributed by atoms with Crippen LogP contribution in [0.25, 0.3) is 0 Å². The highest BCUT2D eigenvalue weighted by Crippen LogP contribution is 2.09. The molecule has 1 N–H and O–H groups in total. The highest BCUT2D eigenvalue weighted by molar-refractivity contribution is 5.71. The van der Waals surface area contributed by atoms with Gasteiger partial charge in [-0.15, -0.1) is 0 Å². The van der Waals surface area contributed by atoms with Crippen LogP contribution in [0.5, 0.6) is 5.75 Å². The lowest BCUT2D eigenvalue weighted by Crippen LogP contribution is -2.27. The van der Waals surface area contributed by atoms with E-state index in [0.717, 1.165) is 0 Å². The minimum atomic E-state index is -0.530. The molecule has 17 heavy (non-hydrogen) atoms. The molecule has 1 aromatic heterocycles. The van der Waals surface area contributed by atoms with Crippen molar-refractivity contribution in [1.82, 2.24) is 9.97 Å². The van der Waals surface area contributed by atoms with Gasteiger partial charge in [-0.3, -0.25) is 0 Å². The van der Waals surface area contributed by atoms with Crippen molar-refractivity contribution in [1.29, 1.82) is 0 Å². The molecule has 0 aliphatic rings. The summed E-state index contributed by atoms with van der Waals surface area (Å²) in [6, 6.07) is 0. The number of hydrogen-bond donors (Lipinski definition) is 1. The molecule has 0 aromatic carbocycles. The summed E-state index contributed by atoms with van der Waals surface area (Å²) in [6.45, 7) is 4.92. The minimum Gasteiger partial charge on any atom is -0.479 e. The molecule has 1 aromatic rings. The topological polar surface area (TPSA) is 81.5 Å². The Morgan fingerprint density at radius 2 is 1.94 bits per heavy atom. The smallest absolute Gasteiger partial charge is 0.344 e. The Hall–Kier alpha value is -1.69. The fourth-order valence-corrected chi connectivity index (χ4v) is 1.01. The number of rotatable bonds is 4. The van der Waals surface area contributed by atoms with Crippen molar-refractivity contribution in [2.75, 3.05) is 6.61 Å². The quantitative estimate of drug-likeness (QED) is 0.780. The Kier molecular flexibility index (Phi) is 4.39. The third-order valence-corrected chi connectivity index (χ3v) is 1.60. The average molecular weight is 240 g/mol. The van der Waals surface area contributed by atoms with E-state index >= 15 is 0 Å². The maximum atomic E-state index is 11.3. The molecule has 6 nitrogen and oxygen atoms in total. The summed E-state index contributed by atoms with van der Waals surface area (Å²) in [4.78, 5) is 19.0. The molecular weight excluding hydrogens is 224 g/mol. The Balaban J connectivity index is 2.42. The maximum absolute atomic E-state index is 11.3. The molecule has 1 rings (SSSR count). The third-order valence-electron chi connectivity index (χ3n) is 1.60. The molecule has 6 heteroatoms. The van der Waals surface area contributed by atoms with Crippen LogP contribution in [0.15, 0.2) is 12.4 Å². The zero-order valence-corrected chi connectivity index (χ0v) is 10.1. The number of aromatic nitrogens is 2. The summed E-state index contributed by atoms with van der Waals surface area (Å²) in [6.07, 6.45) is 2.78. The van der Waals surface area contributed by atoms with Gasteiger partial charge in [0.25, 0.3) is 0 Å². The molecule has 0 spiro atoms. The summed E-state index contributed by atoms with van der Waals surface area (Å²) in [7, 11) is 0. The maximum Gasteiger partial charge on any atom is 0.344 e. The summed E-state index contributed by atoms with van der Waals surface area (Å²) < 4.78 is 10.2. The summed E-state index contributed by atoms with van der Waals surface area (Å²) in [5.41, 5.74) is -0.530. The number of carbonyl (C=O) groups is 1. The van der Waals surface area contributed by atoms with Gasteiger partial charge in [0.1, 0.15) is 12.2 Å². The number of nitrogens with zero attached hydrogens (tertiary/aromatic N) is 2. The van der Waals surface area contributed by atoms with E-state index in [2.05, 4.69) is 9.97 Å². The van der Waals surface area contributed by atoms with Crippen molar-refractivity contribution in [3.8, 4) is 5.75 Å². The molecule has 1 heterocycles. The van der Waals surface area contributed by atoms with Crippen LogP contribution in [0.2, 0.25) is 0 Å². The average Bonchev–Trinajstić information content (AvgIpc) is 2.25. The number of hydrogen-bond acceptors (Lipinski definition) is 6. The minimum absolute atomic E-state index is 0.195. The molecule has 0 atom stereocenters. The molecule has 94 valence electrons. The number of ether oxygens (including phenoxy) is 2. The van der Waals surface area contributed by atoms with Crippen LogP contribution >= 0.6 is 0 Å². The predicted octanol–water partition coefficient (Wildman–Crippen LogP) is 0.689. The summed E-state index contributed by atoms with van der Waals surface area (Å²) in [5.74, 6) is 0.200. The predicted molar refractivity (Wildman–Crippen MR) is 59.3 cm³/mol. The van der Waals surface area contributed by atoms with Crippen LogP contribution in [-0.2, 0) is 16.1 Å². The highest BCUT2D eigenvalue weighted by Gasteiger charge is 2.16. The van der Waals surface area contributed by atoms with Crippen LogP contribution < -0.4 is 4.74 Å². The van der Waals surface area contributed by atoms with Crippen LogP contribution in [0.4, 0.5) is 0 Å². The van der Waals surface area contributed by atoms with E-state index in [-0.39, 0.29) is 13.2 Å². The molecule has 0 unspecified atom stereocenters.